The van der Waals surface area contributed by atoms with Gasteiger partial charge in [0.05, 0.1) is 17.3 Å². The van der Waals surface area contributed by atoms with Crippen LogP contribution < -0.4 is 24.3 Å². The van der Waals surface area contributed by atoms with Crippen LogP contribution in [-0.2, 0) is 19.7 Å². The lowest BCUT2D eigenvalue weighted by molar-refractivity contribution is 0.174. The van der Waals surface area contributed by atoms with Crippen LogP contribution in [0.5, 0.6) is 23.0 Å². The highest BCUT2D eigenvalue weighted by atomic mass is 79.9. The number of aromatic nitrogens is 1. The second-order valence-electron chi connectivity index (χ2n) is 6.51. The number of fused-ring (bicyclic) bond motifs is 1. The molecule has 0 aliphatic carbocycles. The molecule has 3 aromatic rings. The third kappa shape index (κ3) is 6.40. The Kier molecular flexibility index (Phi) is 9.71. The normalized spacial score (nSPS) is 11.3. The molecule has 9 heteroatoms. The molecule has 6 nitrogen and oxygen atoms in total. The summed E-state index contributed by atoms with van der Waals surface area (Å²) in [7, 11) is 1.64. The van der Waals surface area contributed by atoms with E-state index in [4.69, 9.17) is 18.9 Å². The Hall–Kier alpha value is -2.19. The number of pyridine rings is 1. The van der Waals surface area contributed by atoms with Crippen LogP contribution in [0.4, 0.5) is 0 Å². The van der Waals surface area contributed by atoms with Gasteiger partial charge in [0.1, 0.15) is 6.61 Å². The van der Waals surface area contributed by atoms with Gasteiger partial charge in [-0.3, -0.25) is 4.98 Å². The van der Waals surface area contributed by atoms with Gasteiger partial charge in [-0.25, -0.2) is 0 Å². The van der Waals surface area contributed by atoms with Crippen molar-refractivity contribution in [3.63, 3.8) is 0 Å². The van der Waals surface area contributed by atoms with Crippen LogP contribution in [0.15, 0.2) is 59.2 Å². The highest BCUT2D eigenvalue weighted by molar-refractivity contribution is 9.10. The molecule has 1 N–H and O–H groups in total. The Morgan fingerprint density at radius 3 is 2.61 bits per heavy atom. The number of rotatable bonds is 8. The van der Waals surface area contributed by atoms with Crippen molar-refractivity contribution in [3.8, 4) is 23.0 Å². The van der Waals surface area contributed by atoms with Gasteiger partial charge in [0.2, 0.25) is 6.79 Å². The van der Waals surface area contributed by atoms with Gasteiger partial charge in [-0.1, -0.05) is 12.1 Å². The van der Waals surface area contributed by atoms with E-state index in [1.54, 1.807) is 13.3 Å². The van der Waals surface area contributed by atoms with Crippen LogP contribution >= 0.6 is 40.7 Å². The van der Waals surface area contributed by atoms with E-state index in [0.717, 1.165) is 32.8 Å². The molecule has 0 saturated carbocycles. The Morgan fingerprint density at radius 1 is 1.00 bits per heavy atom. The van der Waals surface area contributed by atoms with Crippen molar-refractivity contribution in [1.82, 2.24) is 10.3 Å². The molecule has 2 aromatic carbocycles. The van der Waals surface area contributed by atoms with Gasteiger partial charge in [0, 0.05) is 19.3 Å². The van der Waals surface area contributed by atoms with E-state index in [2.05, 4.69) is 26.2 Å². The molecule has 1 aliphatic heterocycles. The van der Waals surface area contributed by atoms with E-state index < -0.39 is 0 Å². The largest absolute Gasteiger partial charge is 0.493 e. The number of nitrogens with one attached hydrogen (secondary N) is 1. The highest BCUT2D eigenvalue weighted by Gasteiger charge is 2.15. The number of halogens is 3. The Balaban J connectivity index is 0.00000171. The Labute approximate surface area is 202 Å². The zero-order valence-corrected chi connectivity index (χ0v) is 20.0. The quantitative estimate of drug-likeness (QED) is 0.427. The van der Waals surface area contributed by atoms with Gasteiger partial charge in [0.25, 0.3) is 0 Å². The van der Waals surface area contributed by atoms with E-state index in [1.165, 1.54) is 0 Å². The standard InChI is InChI=1S/C22H21BrN2O4.2ClH/c1-26-21-10-16(11-24-12-17-4-2-3-7-25-17)8-18(23)22(21)27-13-15-5-6-19-20(9-15)29-14-28-19;;/h2-10,24H,11-14H2,1H3;2*1H. The van der Waals surface area contributed by atoms with Crippen LogP contribution in [0.2, 0.25) is 0 Å². The van der Waals surface area contributed by atoms with Crippen molar-refractivity contribution in [2.75, 3.05) is 13.9 Å². The second kappa shape index (κ2) is 12.0. The molecule has 2 heterocycles. The minimum atomic E-state index is 0. The van der Waals surface area contributed by atoms with Crippen molar-refractivity contribution in [3.05, 3.63) is 76.0 Å². The fourth-order valence-electron chi connectivity index (χ4n) is 3.04. The maximum absolute atomic E-state index is 6.03. The average Bonchev–Trinajstić information content (AvgIpc) is 3.21. The summed E-state index contributed by atoms with van der Waals surface area (Å²) < 4.78 is 23.2. The topological polar surface area (TPSA) is 61.8 Å². The van der Waals surface area contributed by atoms with E-state index >= 15 is 0 Å². The lowest BCUT2D eigenvalue weighted by Gasteiger charge is -2.15. The fourth-order valence-corrected chi connectivity index (χ4v) is 3.64. The first-order valence-corrected chi connectivity index (χ1v) is 10.0. The number of benzene rings is 2. The van der Waals surface area contributed by atoms with Crippen LogP contribution in [0.1, 0.15) is 16.8 Å². The predicted molar refractivity (Wildman–Crippen MR) is 127 cm³/mol. The average molecular weight is 530 g/mol. The lowest BCUT2D eigenvalue weighted by atomic mass is 10.2. The van der Waals surface area contributed by atoms with E-state index in [9.17, 15) is 0 Å². The maximum atomic E-state index is 6.03. The van der Waals surface area contributed by atoms with Gasteiger partial charge in [-0.15, -0.1) is 24.8 Å². The molecular weight excluding hydrogens is 507 g/mol. The zero-order chi connectivity index (χ0) is 20.1. The molecule has 0 radical (unpaired) electrons. The maximum Gasteiger partial charge on any atom is 0.231 e. The monoisotopic (exact) mass is 528 g/mol. The van der Waals surface area contributed by atoms with Crippen LogP contribution in [0.25, 0.3) is 0 Å². The first kappa shape index (κ1) is 25.1. The zero-order valence-electron chi connectivity index (χ0n) is 16.8. The molecule has 0 atom stereocenters. The molecular formula is C22H23BrCl2N2O4. The molecule has 0 fully saturated rings. The third-order valence-electron chi connectivity index (χ3n) is 4.47. The Bertz CT molecular complexity index is 993. The van der Waals surface area contributed by atoms with Gasteiger partial charge in [-0.2, -0.15) is 0 Å². The SMILES string of the molecule is COc1cc(CNCc2ccccn2)cc(Br)c1OCc1ccc2c(c1)OCO2.Cl.Cl. The van der Waals surface area contributed by atoms with Crippen molar-refractivity contribution >= 4 is 40.7 Å². The van der Waals surface area contributed by atoms with Gasteiger partial charge in [-0.05, 0) is 63.5 Å². The second-order valence-corrected chi connectivity index (χ2v) is 7.36. The van der Waals surface area contributed by atoms with Crippen molar-refractivity contribution in [2.24, 2.45) is 0 Å². The van der Waals surface area contributed by atoms with Crippen molar-refractivity contribution in [1.29, 1.82) is 0 Å². The molecule has 1 aromatic heterocycles. The summed E-state index contributed by atoms with van der Waals surface area (Å²) in [6.07, 6.45) is 1.79. The first-order chi connectivity index (χ1) is 14.2. The number of ether oxygens (including phenoxy) is 4. The van der Waals surface area contributed by atoms with Crippen LogP contribution in [0, 0.1) is 0 Å². The summed E-state index contributed by atoms with van der Waals surface area (Å²) in [5.74, 6) is 2.84. The molecule has 0 saturated heterocycles. The molecule has 1 aliphatic rings. The number of nitrogens with zero attached hydrogens (tertiary/aromatic N) is 1. The highest BCUT2D eigenvalue weighted by Crippen LogP contribution is 2.38. The lowest BCUT2D eigenvalue weighted by Crippen LogP contribution is -2.13. The summed E-state index contributed by atoms with van der Waals surface area (Å²) in [6.45, 7) is 2.04. The minimum absolute atomic E-state index is 0. The number of hydrogen-bond acceptors (Lipinski definition) is 6. The molecule has 0 unspecified atom stereocenters. The summed E-state index contributed by atoms with van der Waals surface area (Å²) >= 11 is 3.61. The van der Waals surface area contributed by atoms with E-state index in [-0.39, 0.29) is 31.6 Å². The summed E-state index contributed by atoms with van der Waals surface area (Å²) in [6, 6.07) is 15.7. The molecule has 31 heavy (non-hydrogen) atoms. The molecule has 0 amide bonds. The molecule has 0 spiro atoms. The predicted octanol–water partition coefficient (Wildman–Crippen LogP) is 5.29. The van der Waals surface area contributed by atoms with E-state index in [1.807, 2.05) is 48.5 Å². The third-order valence-corrected chi connectivity index (χ3v) is 5.06. The minimum Gasteiger partial charge on any atom is -0.493 e. The van der Waals surface area contributed by atoms with Crippen molar-refractivity contribution in [2.45, 2.75) is 19.7 Å². The first-order valence-electron chi connectivity index (χ1n) is 9.21. The van der Waals surface area contributed by atoms with Gasteiger partial charge < -0.3 is 24.3 Å². The van der Waals surface area contributed by atoms with Crippen LogP contribution in [0.3, 0.4) is 0 Å². The summed E-state index contributed by atoms with van der Waals surface area (Å²) in [5.41, 5.74) is 3.08. The molecule has 166 valence electrons. The van der Waals surface area contributed by atoms with Gasteiger partial charge in [0.15, 0.2) is 23.0 Å². The van der Waals surface area contributed by atoms with Crippen molar-refractivity contribution < 1.29 is 18.9 Å². The summed E-state index contributed by atoms with van der Waals surface area (Å²) in [4.78, 5) is 4.32. The smallest absolute Gasteiger partial charge is 0.231 e. The fraction of sp³-hybridized carbons (Fsp3) is 0.227. The summed E-state index contributed by atoms with van der Waals surface area (Å²) in [5, 5.41) is 3.39. The number of hydrogen-bond donors (Lipinski definition) is 1. The van der Waals surface area contributed by atoms with Gasteiger partial charge >= 0.3 is 0 Å². The number of methoxy groups -OCH3 is 1. The van der Waals surface area contributed by atoms with Crippen LogP contribution in [-0.4, -0.2) is 18.9 Å². The van der Waals surface area contributed by atoms with E-state index in [0.29, 0.717) is 31.2 Å². The molecule has 4 rings (SSSR count). The Morgan fingerprint density at radius 2 is 1.84 bits per heavy atom. The molecule has 0 bridgehead atoms.